The molecule has 9 atom stereocenters. The van der Waals surface area contributed by atoms with E-state index >= 15 is 0 Å². The number of ether oxygens (including phenoxy) is 2. The molecule has 0 aromatic carbocycles. The summed E-state index contributed by atoms with van der Waals surface area (Å²) in [6.07, 6.45) is 0.883. The number of aliphatic hydroxyl groups is 9. The molecular weight excluding hydrogens is 476 g/mol. The van der Waals surface area contributed by atoms with Gasteiger partial charge < -0.3 is 55.4 Å². The second kappa shape index (κ2) is 13.9. The Bertz CT molecular complexity index is 674. The van der Waals surface area contributed by atoms with Gasteiger partial charge in [-0.3, -0.25) is 0 Å². The van der Waals surface area contributed by atoms with E-state index in [1.54, 1.807) is 6.08 Å². The van der Waals surface area contributed by atoms with E-state index in [1.165, 1.54) is 38.2 Å². The Kier molecular flexibility index (Phi) is 12.2. The first-order valence-electron chi connectivity index (χ1n) is 13.1. The van der Waals surface area contributed by atoms with Crippen LogP contribution < -0.4 is 0 Å². The van der Waals surface area contributed by atoms with Crippen molar-refractivity contribution in [3.05, 3.63) is 12.2 Å². The molecule has 0 aromatic rings. The molecule has 0 radical (unpaired) electrons. The fourth-order valence-corrected chi connectivity index (χ4v) is 5.33. The lowest BCUT2D eigenvalue weighted by atomic mass is 9.62. The van der Waals surface area contributed by atoms with Crippen molar-refractivity contribution in [2.75, 3.05) is 19.8 Å². The van der Waals surface area contributed by atoms with Gasteiger partial charge in [-0.2, -0.15) is 0 Å². The second-order valence-corrected chi connectivity index (χ2v) is 10.1. The molecule has 0 unspecified atom stereocenters. The van der Waals surface area contributed by atoms with Gasteiger partial charge in [0.25, 0.3) is 0 Å². The molecule has 2 saturated heterocycles. The van der Waals surface area contributed by atoms with Gasteiger partial charge in [-0.1, -0.05) is 64.0 Å². The summed E-state index contributed by atoms with van der Waals surface area (Å²) in [4.78, 5) is 0. The van der Waals surface area contributed by atoms with E-state index in [4.69, 9.17) is 9.47 Å². The summed E-state index contributed by atoms with van der Waals surface area (Å²) >= 11 is 0. The Balaban J connectivity index is 2.18. The Morgan fingerprint density at radius 2 is 1.42 bits per heavy atom. The molecule has 2 heterocycles. The van der Waals surface area contributed by atoms with E-state index in [0.717, 1.165) is 19.3 Å². The summed E-state index contributed by atoms with van der Waals surface area (Å²) in [5.41, 5.74) is -6.32. The number of hydrogen-bond donors (Lipinski definition) is 9. The summed E-state index contributed by atoms with van der Waals surface area (Å²) in [7, 11) is 0. The molecule has 11 nitrogen and oxygen atoms in total. The van der Waals surface area contributed by atoms with Crippen molar-refractivity contribution in [2.45, 2.75) is 125 Å². The largest absolute Gasteiger partial charge is 0.394 e. The van der Waals surface area contributed by atoms with Crippen molar-refractivity contribution < 1.29 is 55.4 Å². The zero-order valence-electron chi connectivity index (χ0n) is 21.2. The fraction of sp³-hybridized carbons (Fsp3) is 0.920. The average molecular weight is 523 g/mol. The first-order valence-corrected chi connectivity index (χ1v) is 13.1. The molecule has 0 spiro atoms. The van der Waals surface area contributed by atoms with E-state index in [9.17, 15) is 46.0 Å². The summed E-state index contributed by atoms with van der Waals surface area (Å²) < 4.78 is 10.6. The monoisotopic (exact) mass is 522 g/mol. The van der Waals surface area contributed by atoms with Gasteiger partial charge in [0.15, 0.2) is 11.2 Å². The van der Waals surface area contributed by atoms with Crippen LogP contribution in [-0.2, 0) is 9.47 Å². The third-order valence-corrected chi connectivity index (χ3v) is 7.59. The molecule has 2 aliphatic rings. The molecule has 2 rings (SSSR count). The van der Waals surface area contributed by atoms with Gasteiger partial charge in [-0.25, -0.2) is 0 Å². The maximum absolute atomic E-state index is 11.7. The van der Waals surface area contributed by atoms with Crippen LogP contribution in [0.4, 0.5) is 0 Å². The molecule has 2 aliphatic heterocycles. The van der Waals surface area contributed by atoms with Gasteiger partial charge >= 0.3 is 0 Å². The Morgan fingerprint density at radius 3 is 2.00 bits per heavy atom. The molecule has 212 valence electrons. The minimum Gasteiger partial charge on any atom is -0.394 e. The maximum Gasteiger partial charge on any atom is 0.204 e. The van der Waals surface area contributed by atoms with Crippen LogP contribution in [0.15, 0.2) is 12.2 Å². The maximum atomic E-state index is 11.7. The summed E-state index contributed by atoms with van der Waals surface area (Å²) in [5.74, 6) is -2.85. The van der Waals surface area contributed by atoms with Crippen molar-refractivity contribution >= 4 is 0 Å². The third kappa shape index (κ3) is 6.13. The topological polar surface area (TPSA) is 201 Å². The van der Waals surface area contributed by atoms with Crippen LogP contribution in [0.5, 0.6) is 0 Å². The van der Waals surface area contributed by atoms with Gasteiger partial charge in [0.2, 0.25) is 5.79 Å². The van der Waals surface area contributed by atoms with Gasteiger partial charge in [-0.05, 0) is 12.8 Å². The van der Waals surface area contributed by atoms with Crippen LogP contribution in [0.1, 0.15) is 71.1 Å². The molecule has 36 heavy (non-hydrogen) atoms. The highest BCUT2D eigenvalue weighted by molar-refractivity contribution is 5.24. The number of aliphatic hydroxyl groups excluding tert-OH is 6. The summed E-state index contributed by atoms with van der Waals surface area (Å²) in [6, 6.07) is 0. The van der Waals surface area contributed by atoms with Gasteiger partial charge in [0, 0.05) is 6.42 Å². The third-order valence-electron chi connectivity index (χ3n) is 7.59. The first kappa shape index (κ1) is 31.5. The molecule has 0 saturated carbocycles. The molecule has 0 bridgehead atoms. The van der Waals surface area contributed by atoms with Crippen LogP contribution in [0.3, 0.4) is 0 Å². The lowest BCUT2D eigenvalue weighted by Crippen LogP contribution is -2.87. The first-order chi connectivity index (χ1) is 17.0. The predicted octanol–water partition coefficient (Wildman–Crippen LogP) is -1.16. The fourth-order valence-electron chi connectivity index (χ4n) is 5.33. The smallest absolute Gasteiger partial charge is 0.204 e. The SMILES string of the molecule is CCCCCCCCCCC=CC[C@]1(O)O[C@H](CO)[C@@H](O)[C@H](O)[C@]1(O)[C@]1(O)[C@H](O)[C@@H](O)CO[C@@H]1CO. The van der Waals surface area contributed by atoms with Crippen molar-refractivity contribution in [3.8, 4) is 0 Å². The Hall–Kier alpha value is -0.700. The minimum absolute atomic E-state index is 0.500. The minimum atomic E-state index is -3.25. The Morgan fingerprint density at radius 1 is 0.806 bits per heavy atom. The zero-order chi connectivity index (χ0) is 27.0. The predicted molar refractivity (Wildman–Crippen MR) is 129 cm³/mol. The van der Waals surface area contributed by atoms with Gasteiger partial charge in [-0.15, -0.1) is 0 Å². The quantitative estimate of drug-likeness (QED) is 0.0984. The van der Waals surface area contributed by atoms with E-state index in [1.807, 2.05) is 0 Å². The van der Waals surface area contributed by atoms with Crippen LogP contribution in [0, 0.1) is 0 Å². The molecule has 0 aliphatic carbocycles. The lowest BCUT2D eigenvalue weighted by molar-refractivity contribution is -0.447. The summed E-state index contributed by atoms with van der Waals surface area (Å²) in [6.45, 7) is -0.115. The molecule has 2 fully saturated rings. The van der Waals surface area contributed by atoms with Crippen LogP contribution >= 0.6 is 0 Å². The standard InChI is InChI=1S/C25H46O11/c1-2-3-4-5-6-7-8-9-10-11-12-13-23(32)25(34,22(31)20(29)18(14-26)36-23)24(33)19(15-27)35-16-17(28)21(24)30/h11-12,17-22,26-34H,2-10,13-16H2,1H3/t17-,18+,19+,20+,21+,22-,23-,24+,25+/m0/s1. The average Bonchev–Trinajstić information content (AvgIpc) is 2.87. The highest BCUT2D eigenvalue weighted by Crippen LogP contribution is 2.50. The number of unbranched alkanes of at least 4 members (excludes halogenated alkanes) is 8. The summed E-state index contributed by atoms with van der Waals surface area (Å²) in [5, 5.41) is 96.0. The molecule has 0 aromatic heterocycles. The lowest BCUT2D eigenvalue weighted by Gasteiger charge is -2.62. The van der Waals surface area contributed by atoms with Gasteiger partial charge in [0.05, 0.1) is 19.8 Å². The molecular formula is C25H46O11. The number of allylic oxidation sites excluding steroid dienone is 1. The van der Waals surface area contributed by atoms with Gasteiger partial charge in [0.1, 0.15) is 36.6 Å². The van der Waals surface area contributed by atoms with Crippen molar-refractivity contribution in [1.29, 1.82) is 0 Å². The van der Waals surface area contributed by atoms with Crippen molar-refractivity contribution in [2.24, 2.45) is 0 Å². The second-order valence-electron chi connectivity index (χ2n) is 10.1. The van der Waals surface area contributed by atoms with E-state index in [-0.39, 0.29) is 0 Å². The van der Waals surface area contributed by atoms with Crippen LogP contribution in [0.2, 0.25) is 0 Å². The zero-order valence-corrected chi connectivity index (χ0v) is 21.2. The number of rotatable bonds is 14. The van der Waals surface area contributed by atoms with E-state index < -0.39 is 79.9 Å². The molecule has 0 amide bonds. The molecule has 11 heteroatoms. The van der Waals surface area contributed by atoms with Crippen molar-refractivity contribution in [1.82, 2.24) is 0 Å². The van der Waals surface area contributed by atoms with E-state index in [2.05, 4.69) is 6.92 Å². The van der Waals surface area contributed by atoms with Crippen LogP contribution in [0.25, 0.3) is 0 Å². The number of hydrogen-bond acceptors (Lipinski definition) is 11. The van der Waals surface area contributed by atoms with Crippen molar-refractivity contribution in [3.63, 3.8) is 0 Å². The normalized spacial score (nSPS) is 41.7. The highest BCUT2D eigenvalue weighted by Gasteiger charge is 2.76. The van der Waals surface area contributed by atoms with E-state index in [0.29, 0.717) is 6.42 Å². The molecule has 9 N–H and O–H groups in total. The van der Waals surface area contributed by atoms with Crippen LogP contribution in [-0.4, -0.2) is 119 Å². The highest BCUT2D eigenvalue weighted by atomic mass is 16.7. The Labute approximate surface area is 212 Å².